The summed E-state index contributed by atoms with van der Waals surface area (Å²) in [5.74, 6) is 1.30. The van der Waals surface area contributed by atoms with E-state index in [1.807, 2.05) is 64.9 Å². The van der Waals surface area contributed by atoms with E-state index in [9.17, 15) is 4.79 Å². The molecule has 150 valence electrons. The number of nitrogens with zero attached hydrogens (tertiary/aromatic N) is 2. The second-order valence-corrected chi connectivity index (χ2v) is 8.10. The minimum absolute atomic E-state index is 0.0140. The van der Waals surface area contributed by atoms with Crippen LogP contribution in [-0.2, 0) is 17.8 Å². The van der Waals surface area contributed by atoms with E-state index in [1.165, 1.54) is 11.3 Å². The molecule has 4 rings (SSSR count). The number of ether oxygens (including phenoxy) is 2. The Hall–Kier alpha value is -2.70. The zero-order chi connectivity index (χ0) is 19.9. The number of carbonyl (C=O) groups excluding carboxylic acids is 1. The number of rotatable bonds is 8. The van der Waals surface area contributed by atoms with Crippen molar-refractivity contribution < 1.29 is 14.3 Å². The Morgan fingerprint density at radius 2 is 2.14 bits per heavy atom. The average Bonchev–Trinajstić information content (AvgIpc) is 3.47. The first-order valence-corrected chi connectivity index (χ1v) is 10.7. The molecule has 29 heavy (non-hydrogen) atoms. The highest BCUT2D eigenvalue weighted by molar-refractivity contribution is 7.12. The lowest BCUT2D eigenvalue weighted by molar-refractivity contribution is 0.0732. The Labute approximate surface area is 174 Å². The zero-order valence-electron chi connectivity index (χ0n) is 16.2. The first kappa shape index (κ1) is 19.6. The van der Waals surface area contributed by atoms with Crippen LogP contribution < -0.4 is 4.74 Å². The number of thiophene rings is 1. The van der Waals surface area contributed by atoms with Crippen molar-refractivity contribution in [1.82, 2.24) is 9.88 Å². The van der Waals surface area contributed by atoms with Crippen molar-refractivity contribution in [2.75, 3.05) is 19.8 Å². The molecule has 0 radical (unpaired) electrons. The van der Waals surface area contributed by atoms with Crippen molar-refractivity contribution in [1.29, 1.82) is 0 Å². The monoisotopic (exact) mass is 408 g/mol. The summed E-state index contributed by atoms with van der Waals surface area (Å²) in [6.45, 7) is 3.21. The largest absolute Gasteiger partial charge is 0.493 e. The SMILES string of the molecule is O=C(c1cccs1)N(Cc1cccc(OC[C@@H]2CCOC2)c1)Cc1ccccn1. The van der Waals surface area contributed by atoms with Crippen LogP contribution in [0, 0.1) is 5.92 Å². The summed E-state index contributed by atoms with van der Waals surface area (Å²) in [6.07, 6.45) is 2.80. The summed E-state index contributed by atoms with van der Waals surface area (Å²) in [6, 6.07) is 17.5. The van der Waals surface area contributed by atoms with Gasteiger partial charge in [-0.3, -0.25) is 9.78 Å². The van der Waals surface area contributed by atoms with Gasteiger partial charge in [0.05, 0.1) is 30.3 Å². The maximum absolute atomic E-state index is 13.1. The van der Waals surface area contributed by atoms with Gasteiger partial charge in [0, 0.05) is 25.3 Å². The van der Waals surface area contributed by atoms with E-state index in [-0.39, 0.29) is 5.91 Å². The molecule has 1 aliphatic rings. The topological polar surface area (TPSA) is 51.7 Å². The lowest BCUT2D eigenvalue weighted by Crippen LogP contribution is -2.30. The predicted octanol–water partition coefficient (Wildman–Crippen LogP) is 4.40. The highest BCUT2D eigenvalue weighted by Gasteiger charge is 2.19. The van der Waals surface area contributed by atoms with Gasteiger partial charge >= 0.3 is 0 Å². The molecule has 3 aromatic rings. The maximum Gasteiger partial charge on any atom is 0.264 e. The normalized spacial score (nSPS) is 15.9. The number of hydrogen-bond donors (Lipinski definition) is 0. The van der Waals surface area contributed by atoms with Crippen molar-refractivity contribution in [2.45, 2.75) is 19.5 Å². The number of amides is 1. The highest BCUT2D eigenvalue weighted by atomic mass is 32.1. The standard InChI is InChI=1S/C23H24N2O3S/c26-23(22-8-4-12-29-22)25(15-20-6-1-2-10-24-20)14-18-5-3-7-21(13-18)28-17-19-9-11-27-16-19/h1-8,10,12-13,19H,9,11,14-17H2/t19-/m1/s1. The molecule has 1 fully saturated rings. The Morgan fingerprint density at radius 3 is 2.90 bits per heavy atom. The fraction of sp³-hybridized carbons (Fsp3) is 0.304. The number of benzene rings is 1. The van der Waals surface area contributed by atoms with Crippen LogP contribution in [0.5, 0.6) is 5.75 Å². The van der Waals surface area contributed by atoms with Gasteiger partial charge in [-0.05, 0) is 47.7 Å². The smallest absolute Gasteiger partial charge is 0.264 e. The number of aromatic nitrogens is 1. The molecule has 1 atom stereocenters. The molecule has 0 unspecified atom stereocenters. The molecule has 0 N–H and O–H groups in total. The number of carbonyl (C=O) groups is 1. The van der Waals surface area contributed by atoms with Gasteiger partial charge in [0.15, 0.2) is 0 Å². The Bertz CT molecular complexity index is 909. The number of pyridine rings is 1. The van der Waals surface area contributed by atoms with Gasteiger partial charge in [-0.2, -0.15) is 0 Å². The lowest BCUT2D eigenvalue weighted by atomic mass is 10.1. The summed E-state index contributed by atoms with van der Waals surface area (Å²) in [7, 11) is 0. The molecule has 6 heteroatoms. The third kappa shape index (κ3) is 5.43. The molecule has 0 aliphatic carbocycles. The van der Waals surface area contributed by atoms with E-state index in [1.54, 1.807) is 6.20 Å². The van der Waals surface area contributed by atoms with Crippen LogP contribution in [0.2, 0.25) is 0 Å². The van der Waals surface area contributed by atoms with Gasteiger partial charge in [0.25, 0.3) is 5.91 Å². The van der Waals surface area contributed by atoms with Crippen molar-refractivity contribution in [3.63, 3.8) is 0 Å². The molecule has 0 spiro atoms. The van der Waals surface area contributed by atoms with Gasteiger partial charge in [-0.1, -0.05) is 24.3 Å². The van der Waals surface area contributed by atoms with Crippen molar-refractivity contribution in [3.8, 4) is 5.75 Å². The fourth-order valence-corrected chi connectivity index (χ4v) is 4.02. The minimum atomic E-state index is 0.0140. The van der Waals surface area contributed by atoms with Gasteiger partial charge in [0.1, 0.15) is 5.75 Å². The lowest BCUT2D eigenvalue weighted by Gasteiger charge is -2.22. The summed E-state index contributed by atoms with van der Waals surface area (Å²) in [5.41, 5.74) is 1.90. The van der Waals surface area contributed by atoms with Gasteiger partial charge in [0.2, 0.25) is 0 Å². The minimum Gasteiger partial charge on any atom is -0.493 e. The first-order chi connectivity index (χ1) is 14.3. The van der Waals surface area contributed by atoms with Crippen molar-refractivity contribution in [2.24, 2.45) is 5.92 Å². The summed E-state index contributed by atoms with van der Waals surface area (Å²) in [5, 5.41) is 1.92. The third-order valence-electron chi connectivity index (χ3n) is 4.88. The van der Waals surface area contributed by atoms with Crippen LogP contribution in [0.15, 0.2) is 66.2 Å². The molecular formula is C23H24N2O3S. The highest BCUT2D eigenvalue weighted by Crippen LogP contribution is 2.21. The fourth-order valence-electron chi connectivity index (χ4n) is 3.33. The summed E-state index contributed by atoms with van der Waals surface area (Å²) in [4.78, 5) is 20.0. The van der Waals surface area contributed by atoms with E-state index in [4.69, 9.17) is 9.47 Å². The van der Waals surface area contributed by atoms with Gasteiger partial charge < -0.3 is 14.4 Å². The first-order valence-electron chi connectivity index (χ1n) is 9.80. The Kier molecular flexibility index (Phi) is 6.54. The molecule has 0 saturated carbocycles. The Morgan fingerprint density at radius 1 is 1.17 bits per heavy atom. The van der Waals surface area contributed by atoms with E-state index < -0.39 is 0 Å². The van der Waals surface area contributed by atoms with Gasteiger partial charge in [-0.15, -0.1) is 11.3 Å². The van der Waals surface area contributed by atoms with Crippen LogP contribution in [0.3, 0.4) is 0 Å². The van der Waals surface area contributed by atoms with E-state index in [0.29, 0.717) is 25.6 Å². The molecule has 1 saturated heterocycles. The van der Waals surface area contributed by atoms with Crippen LogP contribution in [0.1, 0.15) is 27.3 Å². The summed E-state index contributed by atoms with van der Waals surface area (Å²) < 4.78 is 11.4. The number of hydrogen-bond acceptors (Lipinski definition) is 5. The van der Waals surface area contributed by atoms with Crippen LogP contribution >= 0.6 is 11.3 Å². The predicted molar refractivity (Wildman–Crippen MR) is 113 cm³/mol. The van der Waals surface area contributed by atoms with E-state index >= 15 is 0 Å². The molecule has 1 aliphatic heterocycles. The quantitative estimate of drug-likeness (QED) is 0.554. The second-order valence-electron chi connectivity index (χ2n) is 7.15. The summed E-state index contributed by atoms with van der Waals surface area (Å²) >= 11 is 1.46. The van der Waals surface area contributed by atoms with Crippen molar-refractivity contribution in [3.05, 3.63) is 82.3 Å². The second kappa shape index (κ2) is 9.67. The Balaban J connectivity index is 1.47. The van der Waals surface area contributed by atoms with Crippen LogP contribution in [0.25, 0.3) is 0 Å². The molecule has 0 bridgehead atoms. The molecule has 1 aromatic carbocycles. The third-order valence-corrected chi connectivity index (χ3v) is 5.74. The average molecular weight is 409 g/mol. The van der Waals surface area contributed by atoms with Crippen LogP contribution in [0.4, 0.5) is 0 Å². The van der Waals surface area contributed by atoms with Gasteiger partial charge in [-0.25, -0.2) is 0 Å². The molecular weight excluding hydrogens is 384 g/mol. The molecule has 2 aromatic heterocycles. The molecule has 1 amide bonds. The molecule has 3 heterocycles. The van der Waals surface area contributed by atoms with Crippen LogP contribution in [-0.4, -0.2) is 35.6 Å². The van der Waals surface area contributed by atoms with E-state index in [2.05, 4.69) is 4.98 Å². The maximum atomic E-state index is 13.1. The molecule has 5 nitrogen and oxygen atoms in total. The van der Waals surface area contributed by atoms with E-state index in [0.717, 1.165) is 41.5 Å². The zero-order valence-corrected chi connectivity index (χ0v) is 17.0. The van der Waals surface area contributed by atoms with Crippen molar-refractivity contribution >= 4 is 17.2 Å².